The second-order valence-corrected chi connectivity index (χ2v) is 3.22. The Morgan fingerprint density at radius 2 is 2.25 bits per heavy atom. The van der Waals surface area contributed by atoms with Crippen LogP contribution in [-0.4, -0.2) is 11.2 Å². The van der Waals surface area contributed by atoms with Gasteiger partial charge in [-0.1, -0.05) is 0 Å². The first-order valence-electron chi connectivity index (χ1n) is 3.47. The molecule has 1 aromatic heterocycles. The van der Waals surface area contributed by atoms with Crippen molar-refractivity contribution < 1.29 is 0 Å². The zero-order valence-electron chi connectivity index (χ0n) is 7.20. The highest BCUT2D eigenvalue weighted by Crippen LogP contribution is 2.15. The van der Waals surface area contributed by atoms with Crippen LogP contribution in [0.15, 0.2) is 17.2 Å². The fourth-order valence-corrected chi connectivity index (χ4v) is 1.36. The third kappa shape index (κ3) is 2.66. The van der Waals surface area contributed by atoms with Crippen molar-refractivity contribution >= 4 is 24.2 Å². The molecule has 68 valence electrons. The molecule has 0 radical (unpaired) electrons. The van der Waals surface area contributed by atoms with Crippen molar-refractivity contribution in [3.8, 4) is 0 Å². The molecule has 0 fully saturated rings. The van der Waals surface area contributed by atoms with Gasteiger partial charge >= 0.3 is 0 Å². The molecule has 0 atom stereocenters. The molecule has 0 spiro atoms. The lowest BCUT2D eigenvalue weighted by Crippen LogP contribution is -2.01. The van der Waals surface area contributed by atoms with Crippen molar-refractivity contribution in [1.82, 2.24) is 4.98 Å². The Morgan fingerprint density at radius 3 is 2.67 bits per heavy atom. The summed E-state index contributed by atoms with van der Waals surface area (Å²) in [6, 6.07) is 2.11. The summed E-state index contributed by atoms with van der Waals surface area (Å²) in [6.45, 7) is 2.56. The third-order valence-corrected chi connectivity index (χ3v) is 2.29. The van der Waals surface area contributed by atoms with Gasteiger partial charge in [0, 0.05) is 17.6 Å². The Bertz CT molecular complexity index is 253. The number of hydrogen-bond donors (Lipinski definition) is 1. The minimum absolute atomic E-state index is 0. The maximum absolute atomic E-state index is 5.47. The van der Waals surface area contributed by atoms with E-state index in [4.69, 9.17) is 5.73 Å². The fourth-order valence-electron chi connectivity index (χ4n) is 0.903. The van der Waals surface area contributed by atoms with Crippen LogP contribution in [-0.2, 0) is 6.54 Å². The topological polar surface area (TPSA) is 38.9 Å². The van der Waals surface area contributed by atoms with Crippen LogP contribution in [0.3, 0.4) is 0 Å². The summed E-state index contributed by atoms with van der Waals surface area (Å²) in [5, 5.41) is 0. The Morgan fingerprint density at radius 1 is 1.58 bits per heavy atom. The lowest BCUT2D eigenvalue weighted by molar-refractivity contribution is 0.954. The van der Waals surface area contributed by atoms with E-state index in [9.17, 15) is 0 Å². The first kappa shape index (κ1) is 11.8. The molecule has 0 aromatic carbocycles. The second-order valence-electron chi connectivity index (χ2n) is 2.34. The van der Waals surface area contributed by atoms with Gasteiger partial charge in [-0.3, -0.25) is 4.98 Å². The molecule has 2 N–H and O–H groups in total. The minimum Gasteiger partial charge on any atom is -0.325 e. The number of halogens is 1. The average Bonchev–Trinajstić information content (AvgIpc) is 2.04. The molecule has 1 rings (SSSR count). The zero-order chi connectivity index (χ0) is 8.27. The maximum Gasteiger partial charge on any atom is 0.0569 e. The van der Waals surface area contributed by atoms with Crippen molar-refractivity contribution in [2.24, 2.45) is 5.73 Å². The van der Waals surface area contributed by atoms with Crippen LogP contribution in [0.25, 0.3) is 0 Å². The van der Waals surface area contributed by atoms with Crippen molar-refractivity contribution in [2.45, 2.75) is 18.4 Å². The minimum atomic E-state index is 0. The molecule has 0 amide bonds. The van der Waals surface area contributed by atoms with Crippen LogP contribution in [0.4, 0.5) is 0 Å². The number of hydrogen-bond acceptors (Lipinski definition) is 3. The number of pyridine rings is 1. The van der Waals surface area contributed by atoms with Crippen LogP contribution in [0.2, 0.25) is 0 Å². The predicted molar refractivity (Wildman–Crippen MR) is 55.9 cm³/mol. The SMILES string of the molecule is CSc1cnc(CN)c(C)c1.Cl. The van der Waals surface area contributed by atoms with Crippen molar-refractivity contribution in [3.05, 3.63) is 23.5 Å². The molecular weight excluding hydrogens is 192 g/mol. The van der Waals surface area contributed by atoms with E-state index in [0.29, 0.717) is 6.54 Å². The van der Waals surface area contributed by atoms with Crippen LogP contribution in [0.1, 0.15) is 11.3 Å². The zero-order valence-corrected chi connectivity index (χ0v) is 8.84. The number of aryl methyl sites for hydroxylation is 1. The Kier molecular flexibility index (Phi) is 5.29. The first-order valence-corrected chi connectivity index (χ1v) is 4.70. The lowest BCUT2D eigenvalue weighted by atomic mass is 10.2. The van der Waals surface area contributed by atoms with Gasteiger partial charge in [-0.15, -0.1) is 24.2 Å². The quantitative estimate of drug-likeness (QED) is 0.749. The molecule has 1 heterocycles. The molecule has 0 aliphatic carbocycles. The Balaban J connectivity index is 0.00000121. The first-order chi connectivity index (χ1) is 5.27. The average molecular weight is 205 g/mol. The summed E-state index contributed by atoms with van der Waals surface area (Å²) >= 11 is 1.70. The molecule has 0 saturated heterocycles. The van der Waals surface area contributed by atoms with E-state index in [1.807, 2.05) is 19.4 Å². The van der Waals surface area contributed by atoms with Gasteiger partial charge in [0.1, 0.15) is 0 Å². The predicted octanol–water partition coefficient (Wildman–Crippen LogP) is 1.99. The van der Waals surface area contributed by atoms with Crippen LogP contribution >= 0.6 is 24.2 Å². The summed E-state index contributed by atoms with van der Waals surface area (Å²) in [4.78, 5) is 5.42. The summed E-state index contributed by atoms with van der Waals surface area (Å²) in [7, 11) is 0. The number of nitrogens with two attached hydrogens (primary N) is 1. The standard InChI is InChI=1S/C8H12N2S.ClH/c1-6-3-7(11-2)5-10-8(6)4-9;/h3,5H,4,9H2,1-2H3;1H. The Hall–Kier alpha value is -0.250. The van der Waals surface area contributed by atoms with Gasteiger partial charge in [0.05, 0.1) is 5.69 Å². The summed E-state index contributed by atoms with van der Waals surface area (Å²) < 4.78 is 0. The Labute approximate surface area is 83.4 Å². The van der Waals surface area contributed by atoms with E-state index in [-0.39, 0.29) is 12.4 Å². The number of thioether (sulfide) groups is 1. The fraction of sp³-hybridized carbons (Fsp3) is 0.375. The van der Waals surface area contributed by atoms with E-state index >= 15 is 0 Å². The van der Waals surface area contributed by atoms with Gasteiger partial charge in [0.25, 0.3) is 0 Å². The van der Waals surface area contributed by atoms with Gasteiger partial charge in [-0.2, -0.15) is 0 Å². The molecule has 2 nitrogen and oxygen atoms in total. The van der Waals surface area contributed by atoms with Gasteiger partial charge in [-0.25, -0.2) is 0 Å². The van der Waals surface area contributed by atoms with Crippen molar-refractivity contribution in [1.29, 1.82) is 0 Å². The third-order valence-electron chi connectivity index (χ3n) is 1.59. The van der Waals surface area contributed by atoms with E-state index in [2.05, 4.69) is 11.1 Å². The van der Waals surface area contributed by atoms with Crippen molar-refractivity contribution in [3.63, 3.8) is 0 Å². The molecule has 0 aliphatic rings. The number of nitrogens with zero attached hydrogens (tertiary/aromatic N) is 1. The molecule has 4 heteroatoms. The molecule has 12 heavy (non-hydrogen) atoms. The highest BCUT2D eigenvalue weighted by Gasteiger charge is 1.97. The largest absolute Gasteiger partial charge is 0.325 e. The van der Waals surface area contributed by atoms with Crippen LogP contribution in [0, 0.1) is 6.92 Å². The maximum atomic E-state index is 5.47. The summed E-state index contributed by atoms with van der Waals surface area (Å²) in [6.07, 6.45) is 3.90. The molecule has 0 bridgehead atoms. The molecule has 1 aromatic rings. The van der Waals surface area contributed by atoms with Crippen molar-refractivity contribution in [2.75, 3.05) is 6.26 Å². The molecule has 0 aliphatic heterocycles. The van der Waals surface area contributed by atoms with E-state index in [1.165, 1.54) is 10.5 Å². The number of rotatable bonds is 2. The van der Waals surface area contributed by atoms with E-state index in [0.717, 1.165) is 5.69 Å². The lowest BCUT2D eigenvalue weighted by Gasteiger charge is -2.02. The highest BCUT2D eigenvalue weighted by molar-refractivity contribution is 7.98. The van der Waals surface area contributed by atoms with Gasteiger partial charge in [0.2, 0.25) is 0 Å². The van der Waals surface area contributed by atoms with Gasteiger partial charge in [0.15, 0.2) is 0 Å². The molecule has 0 saturated carbocycles. The van der Waals surface area contributed by atoms with Gasteiger partial charge < -0.3 is 5.73 Å². The monoisotopic (exact) mass is 204 g/mol. The van der Waals surface area contributed by atoms with Gasteiger partial charge in [-0.05, 0) is 24.8 Å². The summed E-state index contributed by atoms with van der Waals surface area (Å²) in [5.74, 6) is 0. The normalized spacial score (nSPS) is 9.25. The molecular formula is C8H13ClN2S. The van der Waals surface area contributed by atoms with E-state index in [1.54, 1.807) is 11.8 Å². The number of aromatic nitrogens is 1. The van der Waals surface area contributed by atoms with E-state index < -0.39 is 0 Å². The summed E-state index contributed by atoms with van der Waals surface area (Å²) in [5.41, 5.74) is 7.64. The van der Waals surface area contributed by atoms with Crippen LogP contribution < -0.4 is 5.73 Å². The highest BCUT2D eigenvalue weighted by atomic mass is 35.5. The molecule has 0 unspecified atom stereocenters. The smallest absolute Gasteiger partial charge is 0.0569 e. The van der Waals surface area contributed by atoms with Crippen LogP contribution in [0.5, 0.6) is 0 Å². The second kappa shape index (κ2) is 5.41.